The lowest BCUT2D eigenvalue weighted by Gasteiger charge is -2.06. The number of nitrogens with zero attached hydrogens (tertiary/aromatic N) is 3. The van der Waals surface area contributed by atoms with E-state index < -0.39 is 11.7 Å². The number of alkyl halides is 3. The molecule has 2 rings (SSSR count). The van der Waals surface area contributed by atoms with Crippen molar-refractivity contribution in [1.29, 1.82) is 0 Å². The number of halogens is 3. The van der Waals surface area contributed by atoms with Gasteiger partial charge in [0.05, 0.1) is 11.8 Å². The first-order valence-corrected chi connectivity index (χ1v) is 6.28. The molecule has 0 fully saturated rings. The molecule has 0 saturated heterocycles. The predicted molar refractivity (Wildman–Crippen MR) is 68.4 cm³/mol. The summed E-state index contributed by atoms with van der Waals surface area (Å²) in [4.78, 5) is 4.04. The third-order valence-electron chi connectivity index (χ3n) is 2.71. The Bertz CT molecular complexity index is 563. The zero-order chi connectivity index (χ0) is 14.6. The smallest absolute Gasteiger partial charge is 0.313 e. The molecule has 20 heavy (non-hydrogen) atoms. The Hall–Kier alpha value is -1.89. The molecule has 0 atom stereocenters. The van der Waals surface area contributed by atoms with E-state index in [1.165, 1.54) is 0 Å². The highest BCUT2D eigenvalue weighted by molar-refractivity contribution is 5.28. The SMILES string of the molecule is CCCNCc1ccnc(-n2cc(C(F)(F)F)cn2)c1. The van der Waals surface area contributed by atoms with Crippen molar-refractivity contribution in [2.24, 2.45) is 0 Å². The molecule has 4 nitrogen and oxygen atoms in total. The zero-order valence-electron chi connectivity index (χ0n) is 11.0. The van der Waals surface area contributed by atoms with Crippen LogP contribution in [0.3, 0.4) is 0 Å². The Balaban J connectivity index is 2.16. The van der Waals surface area contributed by atoms with E-state index in [-0.39, 0.29) is 0 Å². The summed E-state index contributed by atoms with van der Waals surface area (Å²) in [6, 6.07) is 3.54. The first kappa shape index (κ1) is 14.5. The standard InChI is InChI=1S/C13H15F3N4/c1-2-4-17-7-10-3-5-18-12(6-10)20-9-11(8-19-20)13(14,15)16/h3,5-6,8-9,17H,2,4,7H2,1H3. The fourth-order valence-electron chi connectivity index (χ4n) is 1.70. The van der Waals surface area contributed by atoms with Gasteiger partial charge in [0.25, 0.3) is 0 Å². The second-order valence-corrected chi connectivity index (χ2v) is 4.37. The van der Waals surface area contributed by atoms with Crippen LogP contribution >= 0.6 is 0 Å². The van der Waals surface area contributed by atoms with E-state index in [0.29, 0.717) is 12.4 Å². The van der Waals surface area contributed by atoms with Crippen LogP contribution in [-0.4, -0.2) is 21.3 Å². The molecule has 1 N–H and O–H groups in total. The van der Waals surface area contributed by atoms with E-state index >= 15 is 0 Å². The molecule has 0 amide bonds. The Morgan fingerprint density at radius 2 is 2.15 bits per heavy atom. The predicted octanol–water partition coefficient (Wildman–Crippen LogP) is 2.79. The third-order valence-corrected chi connectivity index (χ3v) is 2.71. The number of hydrogen-bond donors (Lipinski definition) is 1. The summed E-state index contributed by atoms with van der Waals surface area (Å²) in [6.45, 7) is 3.60. The summed E-state index contributed by atoms with van der Waals surface area (Å²) in [7, 11) is 0. The first-order chi connectivity index (χ1) is 9.50. The highest BCUT2D eigenvalue weighted by Gasteiger charge is 2.32. The molecular weight excluding hydrogens is 269 g/mol. The quantitative estimate of drug-likeness (QED) is 0.859. The van der Waals surface area contributed by atoms with Crippen LogP contribution in [0, 0.1) is 0 Å². The van der Waals surface area contributed by atoms with Gasteiger partial charge in [-0.05, 0) is 30.7 Å². The molecule has 0 aliphatic carbocycles. The Morgan fingerprint density at radius 1 is 1.35 bits per heavy atom. The third kappa shape index (κ3) is 3.57. The van der Waals surface area contributed by atoms with Crippen LogP contribution in [0.25, 0.3) is 5.82 Å². The number of hydrogen-bond acceptors (Lipinski definition) is 3. The van der Waals surface area contributed by atoms with Crippen molar-refractivity contribution in [3.05, 3.63) is 41.9 Å². The van der Waals surface area contributed by atoms with Crippen LogP contribution < -0.4 is 5.32 Å². The average Bonchev–Trinajstić information content (AvgIpc) is 2.89. The highest BCUT2D eigenvalue weighted by Crippen LogP contribution is 2.28. The van der Waals surface area contributed by atoms with Gasteiger partial charge >= 0.3 is 6.18 Å². The minimum absolute atomic E-state index is 0.372. The van der Waals surface area contributed by atoms with E-state index in [2.05, 4.69) is 22.3 Å². The molecule has 7 heteroatoms. The lowest BCUT2D eigenvalue weighted by molar-refractivity contribution is -0.137. The molecule has 0 aliphatic rings. The van der Waals surface area contributed by atoms with Crippen molar-refractivity contribution >= 4 is 0 Å². The van der Waals surface area contributed by atoms with Crippen molar-refractivity contribution in [1.82, 2.24) is 20.1 Å². The fraction of sp³-hybridized carbons (Fsp3) is 0.385. The topological polar surface area (TPSA) is 42.7 Å². The second-order valence-electron chi connectivity index (χ2n) is 4.37. The molecule has 0 spiro atoms. The maximum absolute atomic E-state index is 12.5. The molecule has 0 bridgehead atoms. The van der Waals surface area contributed by atoms with Crippen molar-refractivity contribution in [2.45, 2.75) is 26.1 Å². The Kier molecular flexibility index (Phi) is 4.39. The Morgan fingerprint density at radius 3 is 2.80 bits per heavy atom. The van der Waals surface area contributed by atoms with Crippen molar-refractivity contribution in [3.63, 3.8) is 0 Å². The van der Waals surface area contributed by atoms with Crippen LogP contribution in [0.5, 0.6) is 0 Å². The molecule has 2 aromatic heterocycles. The number of aromatic nitrogens is 3. The summed E-state index contributed by atoms with van der Waals surface area (Å²) in [5, 5.41) is 6.93. The number of rotatable bonds is 5. The second kappa shape index (κ2) is 6.04. The van der Waals surface area contributed by atoms with E-state index in [1.54, 1.807) is 12.3 Å². The minimum atomic E-state index is -4.39. The molecule has 0 radical (unpaired) electrons. The molecule has 2 heterocycles. The van der Waals surface area contributed by atoms with Gasteiger partial charge in [0.2, 0.25) is 0 Å². The van der Waals surface area contributed by atoms with Crippen molar-refractivity contribution in [3.8, 4) is 5.82 Å². The average molecular weight is 284 g/mol. The first-order valence-electron chi connectivity index (χ1n) is 6.28. The number of nitrogens with one attached hydrogen (secondary N) is 1. The maximum Gasteiger partial charge on any atom is 0.419 e. The molecule has 0 unspecified atom stereocenters. The normalized spacial score (nSPS) is 11.8. The van der Waals surface area contributed by atoms with Gasteiger partial charge in [-0.25, -0.2) is 9.67 Å². The molecule has 108 valence electrons. The van der Waals surface area contributed by atoms with Crippen LogP contribution in [0.15, 0.2) is 30.7 Å². The van der Waals surface area contributed by atoms with Crippen molar-refractivity contribution in [2.75, 3.05) is 6.54 Å². The summed E-state index contributed by atoms with van der Waals surface area (Å²) >= 11 is 0. The summed E-state index contributed by atoms with van der Waals surface area (Å²) in [6.07, 6.45) is -0.0763. The monoisotopic (exact) mass is 284 g/mol. The lowest BCUT2D eigenvalue weighted by atomic mass is 10.2. The van der Waals surface area contributed by atoms with Crippen LogP contribution in [0.1, 0.15) is 24.5 Å². The van der Waals surface area contributed by atoms with Gasteiger partial charge in [-0.1, -0.05) is 6.92 Å². The summed E-state index contributed by atoms with van der Waals surface area (Å²) in [5.41, 5.74) is 0.168. The molecule has 0 aromatic carbocycles. The van der Waals surface area contributed by atoms with Crippen molar-refractivity contribution < 1.29 is 13.2 Å². The van der Waals surface area contributed by atoms with Crippen LogP contribution in [0.4, 0.5) is 13.2 Å². The van der Waals surface area contributed by atoms with Gasteiger partial charge in [0.1, 0.15) is 0 Å². The lowest BCUT2D eigenvalue weighted by Crippen LogP contribution is -2.14. The van der Waals surface area contributed by atoms with Gasteiger partial charge in [-0.15, -0.1) is 0 Å². The fourth-order valence-corrected chi connectivity index (χ4v) is 1.70. The van der Waals surface area contributed by atoms with Gasteiger partial charge in [-0.3, -0.25) is 0 Å². The van der Waals surface area contributed by atoms with Gasteiger partial charge in [-0.2, -0.15) is 18.3 Å². The van der Waals surface area contributed by atoms with Crippen LogP contribution in [0.2, 0.25) is 0 Å². The van der Waals surface area contributed by atoms with Gasteiger partial charge < -0.3 is 5.32 Å². The summed E-state index contributed by atoms with van der Waals surface area (Å²) in [5.74, 6) is 0.372. The zero-order valence-corrected chi connectivity index (χ0v) is 11.0. The largest absolute Gasteiger partial charge is 0.419 e. The minimum Gasteiger partial charge on any atom is -0.313 e. The van der Waals surface area contributed by atoms with Gasteiger partial charge in [0.15, 0.2) is 5.82 Å². The van der Waals surface area contributed by atoms with Gasteiger partial charge in [0, 0.05) is 18.9 Å². The maximum atomic E-state index is 12.5. The highest BCUT2D eigenvalue weighted by atomic mass is 19.4. The molecular formula is C13H15F3N4. The molecule has 2 aromatic rings. The van der Waals surface area contributed by atoms with Crippen LogP contribution in [-0.2, 0) is 12.7 Å². The van der Waals surface area contributed by atoms with E-state index in [4.69, 9.17) is 0 Å². The van der Waals surface area contributed by atoms with E-state index in [1.807, 2.05) is 6.07 Å². The molecule has 0 saturated carbocycles. The van der Waals surface area contributed by atoms with E-state index in [0.717, 1.165) is 35.6 Å². The Labute approximate surface area is 114 Å². The van der Waals surface area contributed by atoms with E-state index in [9.17, 15) is 13.2 Å². The summed E-state index contributed by atoms with van der Waals surface area (Å²) < 4.78 is 38.7. The number of pyridine rings is 1. The molecule has 0 aliphatic heterocycles.